The van der Waals surface area contributed by atoms with E-state index in [0.29, 0.717) is 37.7 Å². The lowest BCUT2D eigenvalue weighted by Crippen LogP contribution is -2.55. The number of para-hydroxylation sites is 2. The van der Waals surface area contributed by atoms with Crippen LogP contribution in [0.1, 0.15) is 5.56 Å². The topological polar surface area (TPSA) is 80.3 Å². The molecule has 2 aliphatic rings. The Morgan fingerprint density at radius 3 is 2.43 bits per heavy atom. The van der Waals surface area contributed by atoms with Crippen LogP contribution in [0, 0.1) is 6.92 Å². The van der Waals surface area contributed by atoms with Gasteiger partial charge in [0.2, 0.25) is 6.10 Å². The summed E-state index contributed by atoms with van der Waals surface area (Å²) >= 11 is 0. The highest BCUT2D eigenvalue weighted by molar-refractivity contribution is 5.90. The van der Waals surface area contributed by atoms with E-state index in [9.17, 15) is 9.59 Å². The number of ether oxygens (including phenoxy) is 3. The van der Waals surface area contributed by atoms with E-state index >= 15 is 0 Å². The number of carbonyl (C=O) groups excluding carboxylic acids is 2. The number of hydrogen-bond acceptors (Lipinski definition) is 5. The van der Waals surface area contributed by atoms with Crippen molar-refractivity contribution in [1.29, 1.82) is 0 Å². The van der Waals surface area contributed by atoms with E-state index < -0.39 is 6.10 Å². The molecule has 1 atom stereocenters. The molecule has 30 heavy (non-hydrogen) atoms. The van der Waals surface area contributed by atoms with Crippen LogP contribution in [0.5, 0.6) is 17.2 Å². The zero-order valence-electron chi connectivity index (χ0n) is 17.1. The van der Waals surface area contributed by atoms with Crippen molar-refractivity contribution < 1.29 is 23.8 Å². The zero-order chi connectivity index (χ0) is 21.1. The Kier molecular flexibility index (Phi) is 5.65. The number of benzene rings is 2. The highest BCUT2D eigenvalue weighted by Crippen LogP contribution is 2.31. The van der Waals surface area contributed by atoms with Gasteiger partial charge >= 0.3 is 6.03 Å². The van der Waals surface area contributed by atoms with Crippen molar-refractivity contribution in [3.05, 3.63) is 48.0 Å². The molecule has 4 rings (SSSR count). The molecule has 1 saturated heterocycles. The SMILES string of the molecule is COc1ccc(NC(=O)N2CCN(C(=O)C3COc4ccccc4O3)CC2)c(C)c1. The molecule has 8 nitrogen and oxygen atoms in total. The average Bonchev–Trinajstić information content (AvgIpc) is 2.79. The maximum absolute atomic E-state index is 12.8. The largest absolute Gasteiger partial charge is 0.497 e. The minimum absolute atomic E-state index is 0.115. The number of methoxy groups -OCH3 is 1. The predicted octanol–water partition coefficient (Wildman–Crippen LogP) is 2.52. The van der Waals surface area contributed by atoms with Crippen LogP contribution in [0.15, 0.2) is 42.5 Å². The minimum atomic E-state index is -0.665. The van der Waals surface area contributed by atoms with Gasteiger partial charge in [0.05, 0.1) is 7.11 Å². The quantitative estimate of drug-likeness (QED) is 0.840. The summed E-state index contributed by atoms with van der Waals surface area (Å²) in [5.74, 6) is 1.86. The first-order valence-electron chi connectivity index (χ1n) is 9.93. The Bertz CT molecular complexity index is 940. The molecule has 1 unspecified atom stereocenters. The van der Waals surface area contributed by atoms with Crippen molar-refractivity contribution in [3.8, 4) is 17.2 Å². The van der Waals surface area contributed by atoms with Crippen LogP contribution in [0.4, 0.5) is 10.5 Å². The fraction of sp³-hybridized carbons (Fsp3) is 0.364. The van der Waals surface area contributed by atoms with Crippen LogP contribution in [0.25, 0.3) is 0 Å². The van der Waals surface area contributed by atoms with E-state index in [2.05, 4.69) is 5.32 Å². The van der Waals surface area contributed by atoms with Crippen LogP contribution < -0.4 is 19.5 Å². The number of hydrogen-bond donors (Lipinski definition) is 1. The number of urea groups is 1. The third-order valence-electron chi connectivity index (χ3n) is 5.34. The van der Waals surface area contributed by atoms with Crippen molar-refractivity contribution in [2.24, 2.45) is 0 Å². The molecule has 1 N–H and O–H groups in total. The van der Waals surface area contributed by atoms with Gasteiger partial charge in [-0.25, -0.2) is 4.79 Å². The van der Waals surface area contributed by atoms with Gasteiger partial charge in [-0.2, -0.15) is 0 Å². The smallest absolute Gasteiger partial charge is 0.321 e. The van der Waals surface area contributed by atoms with Gasteiger partial charge in [-0.15, -0.1) is 0 Å². The summed E-state index contributed by atoms with van der Waals surface area (Å²) in [7, 11) is 1.61. The zero-order valence-corrected chi connectivity index (χ0v) is 17.1. The van der Waals surface area contributed by atoms with E-state index in [-0.39, 0.29) is 18.5 Å². The number of anilines is 1. The van der Waals surface area contributed by atoms with E-state index in [4.69, 9.17) is 14.2 Å². The summed E-state index contributed by atoms with van der Waals surface area (Å²) in [5, 5.41) is 2.93. The van der Waals surface area contributed by atoms with Gasteiger partial charge < -0.3 is 29.3 Å². The predicted molar refractivity (Wildman–Crippen MR) is 111 cm³/mol. The van der Waals surface area contributed by atoms with Crippen molar-refractivity contribution in [1.82, 2.24) is 9.80 Å². The van der Waals surface area contributed by atoms with E-state index in [1.165, 1.54) is 0 Å². The molecule has 0 bridgehead atoms. The Balaban J connectivity index is 1.30. The number of amides is 3. The summed E-state index contributed by atoms with van der Waals surface area (Å²) in [6.45, 7) is 3.92. The highest BCUT2D eigenvalue weighted by Gasteiger charge is 2.33. The second-order valence-corrected chi connectivity index (χ2v) is 7.29. The normalized spacial score (nSPS) is 18.0. The molecular weight excluding hydrogens is 386 g/mol. The van der Waals surface area contributed by atoms with E-state index in [0.717, 1.165) is 17.0 Å². The Morgan fingerprint density at radius 2 is 1.73 bits per heavy atom. The van der Waals surface area contributed by atoms with Crippen molar-refractivity contribution in [2.75, 3.05) is 45.2 Å². The van der Waals surface area contributed by atoms with Crippen LogP contribution in [0.2, 0.25) is 0 Å². The first-order chi connectivity index (χ1) is 14.5. The number of piperazine rings is 1. The second kappa shape index (κ2) is 8.52. The molecule has 1 fully saturated rings. The van der Waals surface area contributed by atoms with Gasteiger partial charge in [-0.3, -0.25) is 4.79 Å². The maximum Gasteiger partial charge on any atom is 0.321 e. The van der Waals surface area contributed by atoms with Gasteiger partial charge in [0.1, 0.15) is 12.4 Å². The van der Waals surface area contributed by atoms with Crippen LogP contribution in [0.3, 0.4) is 0 Å². The average molecular weight is 411 g/mol. The number of nitrogens with zero attached hydrogens (tertiary/aromatic N) is 2. The summed E-state index contributed by atoms with van der Waals surface area (Å²) in [6.07, 6.45) is -0.665. The standard InChI is InChI=1S/C22H25N3O5/c1-15-13-16(28-2)7-8-17(15)23-22(27)25-11-9-24(10-12-25)21(26)20-14-29-18-5-3-4-6-19(18)30-20/h3-8,13,20H,9-12,14H2,1-2H3,(H,23,27). The maximum atomic E-state index is 12.8. The molecule has 0 radical (unpaired) electrons. The summed E-state index contributed by atoms with van der Waals surface area (Å²) < 4.78 is 16.7. The first kappa shape index (κ1) is 19.9. The highest BCUT2D eigenvalue weighted by atomic mass is 16.6. The molecule has 3 amide bonds. The lowest BCUT2D eigenvalue weighted by molar-refractivity contribution is -0.142. The van der Waals surface area contributed by atoms with Gasteiger partial charge in [0.25, 0.3) is 5.91 Å². The van der Waals surface area contributed by atoms with Crippen LogP contribution in [-0.4, -0.2) is 67.7 Å². The lowest BCUT2D eigenvalue weighted by Gasteiger charge is -2.37. The molecule has 2 aromatic rings. The molecule has 0 aliphatic carbocycles. The Morgan fingerprint density at radius 1 is 1.03 bits per heavy atom. The molecule has 0 spiro atoms. The number of nitrogens with one attached hydrogen (secondary N) is 1. The molecular formula is C22H25N3O5. The van der Waals surface area contributed by atoms with Gasteiger partial charge in [-0.05, 0) is 42.8 Å². The second-order valence-electron chi connectivity index (χ2n) is 7.29. The molecule has 8 heteroatoms. The summed E-state index contributed by atoms with van der Waals surface area (Å²) in [5.41, 5.74) is 1.66. The Hall–Kier alpha value is -3.42. The van der Waals surface area contributed by atoms with Crippen LogP contribution >= 0.6 is 0 Å². The molecule has 0 aromatic heterocycles. The number of fused-ring (bicyclic) bond motifs is 1. The van der Waals surface area contributed by atoms with Gasteiger partial charge in [0, 0.05) is 31.9 Å². The fourth-order valence-corrected chi connectivity index (χ4v) is 3.57. The molecule has 158 valence electrons. The molecule has 2 heterocycles. The van der Waals surface area contributed by atoms with Crippen molar-refractivity contribution in [2.45, 2.75) is 13.0 Å². The summed E-state index contributed by atoms with van der Waals surface area (Å²) in [4.78, 5) is 28.9. The Labute approximate surface area is 175 Å². The molecule has 0 saturated carbocycles. The third kappa shape index (κ3) is 4.12. The van der Waals surface area contributed by atoms with E-state index in [1.54, 1.807) is 23.0 Å². The van der Waals surface area contributed by atoms with Gasteiger partial charge in [0.15, 0.2) is 11.5 Å². The summed E-state index contributed by atoms with van der Waals surface area (Å²) in [6, 6.07) is 12.6. The number of carbonyl (C=O) groups is 2. The monoisotopic (exact) mass is 411 g/mol. The van der Waals surface area contributed by atoms with Crippen molar-refractivity contribution in [3.63, 3.8) is 0 Å². The number of aryl methyl sites for hydroxylation is 1. The molecule has 2 aromatic carbocycles. The first-order valence-corrected chi connectivity index (χ1v) is 9.93. The minimum Gasteiger partial charge on any atom is -0.497 e. The lowest BCUT2D eigenvalue weighted by atomic mass is 10.2. The van der Waals surface area contributed by atoms with Crippen LogP contribution in [-0.2, 0) is 4.79 Å². The fourth-order valence-electron chi connectivity index (χ4n) is 3.57. The number of rotatable bonds is 3. The van der Waals surface area contributed by atoms with E-state index in [1.807, 2.05) is 43.3 Å². The van der Waals surface area contributed by atoms with Crippen molar-refractivity contribution >= 4 is 17.6 Å². The van der Waals surface area contributed by atoms with Gasteiger partial charge in [-0.1, -0.05) is 12.1 Å². The molecule has 2 aliphatic heterocycles. The third-order valence-corrected chi connectivity index (χ3v) is 5.34.